The van der Waals surface area contributed by atoms with Crippen LogP contribution in [0.5, 0.6) is 0 Å². The Morgan fingerprint density at radius 2 is 1.82 bits per heavy atom. The molecule has 1 aromatic carbocycles. The number of anilines is 1. The first-order valence-corrected chi connectivity index (χ1v) is 6.42. The summed E-state index contributed by atoms with van der Waals surface area (Å²) < 4.78 is 13.4. The summed E-state index contributed by atoms with van der Waals surface area (Å²) in [6, 6.07) is 4.67. The maximum Gasteiger partial charge on any atom is 0.146 e. The van der Waals surface area contributed by atoms with Gasteiger partial charge in [-0.1, -0.05) is 37.8 Å². The molecule has 1 atom stereocenters. The predicted octanol–water partition coefficient (Wildman–Crippen LogP) is 3.41. The van der Waals surface area contributed by atoms with Crippen molar-refractivity contribution in [3.05, 3.63) is 29.6 Å². The third-order valence-corrected chi connectivity index (χ3v) is 3.75. The number of nitrogen functional groups attached to an aromatic ring is 1. The summed E-state index contributed by atoms with van der Waals surface area (Å²) >= 11 is 0. The van der Waals surface area contributed by atoms with Crippen LogP contribution in [0.15, 0.2) is 18.2 Å². The van der Waals surface area contributed by atoms with Gasteiger partial charge in [-0.15, -0.1) is 0 Å². The molecule has 1 aliphatic carbocycles. The van der Waals surface area contributed by atoms with Gasteiger partial charge in [0.2, 0.25) is 0 Å². The average Bonchev–Trinajstić information content (AvgIpc) is 2.60. The molecule has 0 amide bonds. The number of aliphatic hydroxyl groups excluding tert-OH is 1. The van der Waals surface area contributed by atoms with Crippen molar-refractivity contribution in [1.82, 2.24) is 0 Å². The fraction of sp³-hybridized carbons (Fsp3) is 0.571. The van der Waals surface area contributed by atoms with E-state index in [0.717, 1.165) is 25.7 Å². The highest BCUT2D eigenvalue weighted by molar-refractivity contribution is 5.49. The van der Waals surface area contributed by atoms with Gasteiger partial charge in [-0.25, -0.2) is 4.39 Å². The van der Waals surface area contributed by atoms with Crippen molar-refractivity contribution in [2.24, 2.45) is 5.92 Å². The number of benzene rings is 1. The van der Waals surface area contributed by atoms with Gasteiger partial charge in [0.05, 0.1) is 11.8 Å². The van der Waals surface area contributed by atoms with E-state index in [4.69, 9.17) is 5.73 Å². The fourth-order valence-corrected chi connectivity index (χ4v) is 2.69. The van der Waals surface area contributed by atoms with Crippen molar-refractivity contribution >= 4 is 5.69 Å². The van der Waals surface area contributed by atoms with Crippen molar-refractivity contribution in [3.63, 3.8) is 0 Å². The second kappa shape index (κ2) is 5.50. The van der Waals surface area contributed by atoms with Crippen molar-refractivity contribution in [2.75, 3.05) is 5.73 Å². The average molecular weight is 237 g/mol. The second-order valence-electron chi connectivity index (χ2n) is 4.94. The van der Waals surface area contributed by atoms with Gasteiger partial charge in [0.25, 0.3) is 0 Å². The van der Waals surface area contributed by atoms with Crippen LogP contribution in [0.4, 0.5) is 10.1 Å². The zero-order valence-corrected chi connectivity index (χ0v) is 10.0. The van der Waals surface area contributed by atoms with Crippen molar-refractivity contribution < 1.29 is 9.50 Å². The first-order chi connectivity index (χ1) is 8.20. The van der Waals surface area contributed by atoms with E-state index < -0.39 is 11.9 Å². The summed E-state index contributed by atoms with van der Waals surface area (Å²) in [5.74, 6) is -0.211. The molecule has 1 unspecified atom stereocenters. The molecule has 94 valence electrons. The van der Waals surface area contributed by atoms with Gasteiger partial charge in [0.15, 0.2) is 0 Å². The Morgan fingerprint density at radius 3 is 2.47 bits per heavy atom. The van der Waals surface area contributed by atoms with E-state index >= 15 is 0 Å². The first-order valence-electron chi connectivity index (χ1n) is 6.42. The lowest BCUT2D eigenvalue weighted by Crippen LogP contribution is -2.14. The Kier molecular flexibility index (Phi) is 4.00. The molecule has 0 radical (unpaired) electrons. The molecule has 1 fully saturated rings. The minimum absolute atomic E-state index is 0.101. The Hall–Kier alpha value is -1.09. The van der Waals surface area contributed by atoms with Gasteiger partial charge in [-0.2, -0.15) is 0 Å². The largest absolute Gasteiger partial charge is 0.396 e. The highest BCUT2D eigenvalue weighted by atomic mass is 19.1. The molecular weight excluding hydrogens is 217 g/mol. The molecule has 3 heteroatoms. The number of hydrogen-bond donors (Lipinski definition) is 2. The van der Waals surface area contributed by atoms with Crippen LogP contribution < -0.4 is 5.73 Å². The van der Waals surface area contributed by atoms with Crippen LogP contribution in [0.2, 0.25) is 0 Å². The molecule has 1 aromatic rings. The van der Waals surface area contributed by atoms with E-state index in [1.807, 2.05) is 0 Å². The van der Waals surface area contributed by atoms with E-state index in [0.29, 0.717) is 5.56 Å². The van der Waals surface area contributed by atoms with Crippen LogP contribution in [0.3, 0.4) is 0 Å². The summed E-state index contributed by atoms with van der Waals surface area (Å²) in [5.41, 5.74) is 6.35. The first kappa shape index (κ1) is 12.4. The van der Waals surface area contributed by atoms with Gasteiger partial charge in [0.1, 0.15) is 5.82 Å². The van der Waals surface area contributed by atoms with E-state index in [-0.39, 0.29) is 11.6 Å². The van der Waals surface area contributed by atoms with Crippen molar-refractivity contribution in [3.8, 4) is 0 Å². The molecule has 1 aliphatic rings. The van der Waals surface area contributed by atoms with Crippen LogP contribution in [0, 0.1) is 11.7 Å². The maximum atomic E-state index is 13.4. The number of halogens is 1. The molecule has 3 N–H and O–H groups in total. The summed E-state index contributed by atoms with van der Waals surface area (Å²) in [4.78, 5) is 0. The molecule has 2 rings (SSSR count). The second-order valence-corrected chi connectivity index (χ2v) is 4.94. The quantitative estimate of drug-likeness (QED) is 0.611. The lowest BCUT2D eigenvalue weighted by molar-refractivity contribution is 0.0992. The molecule has 0 saturated heterocycles. The molecule has 0 spiro atoms. The Labute approximate surface area is 102 Å². The van der Waals surface area contributed by atoms with Crippen molar-refractivity contribution in [2.45, 2.75) is 44.6 Å². The number of para-hydroxylation sites is 1. The van der Waals surface area contributed by atoms with Gasteiger partial charge in [-0.05, 0) is 24.8 Å². The third kappa shape index (κ3) is 2.78. The van der Waals surface area contributed by atoms with E-state index in [1.54, 1.807) is 12.1 Å². The standard InChI is InChI=1S/C14H20FNO/c15-12-9-5-8-11(13(12)16)14(17)10-6-3-1-2-4-7-10/h5,8-10,14,17H,1-4,6-7,16H2. The summed E-state index contributed by atoms with van der Waals surface area (Å²) in [6.07, 6.45) is 6.18. The Balaban J connectivity index is 2.17. The highest BCUT2D eigenvalue weighted by Crippen LogP contribution is 2.36. The summed E-state index contributed by atoms with van der Waals surface area (Å²) in [5, 5.41) is 10.3. The summed E-state index contributed by atoms with van der Waals surface area (Å²) in [7, 11) is 0. The van der Waals surface area contributed by atoms with E-state index in [1.165, 1.54) is 18.9 Å². The number of nitrogens with two attached hydrogens (primary N) is 1. The van der Waals surface area contributed by atoms with E-state index in [9.17, 15) is 9.50 Å². The number of hydrogen-bond acceptors (Lipinski definition) is 2. The Bertz CT molecular complexity index is 372. The fourth-order valence-electron chi connectivity index (χ4n) is 2.69. The van der Waals surface area contributed by atoms with Gasteiger partial charge >= 0.3 is 0 Å². The zero-order chi connectivity index (χ0) is 12.3. The van der Waals surface area contributed by atoms with Gasteiger partial charge < -0.3 is 10.8 Å². The van der Waals surface area contributed by atoms with Crippen molar-refractivity contribution in [1.29, 1.82) is 0 Å². The summed E-state index contributed by atoms with van der Waals surface area (Å²) in [6.45, 7) is 0. The highest BCUT2D eigenvalue weighted by Gasteiger charge is 2.24. The predicted molar refractivity (Wildman–Crippen MR) is 67.0 cm³/mol. The van der Waals surface area contributed by atoms with Crippen LogP contribution in [-0.2, 0) is 0 Å². The Morgan fingerprint density at radius 1 is 1.18 bits per heavy atom. The monoisotopic (exact) mass is 237 g/mol. The molecule has 0 aromatic heterocycles. The lowest BCUT2D eigenvalue weighted by Gasteiger charge is -2.22. The molecule has 2 nitrogen and oxygen atoms in total. The molecule has 0 heterocycles. The normalized spacial score (nSPS) is 19.9. The molecule has 0 aliphatic heterocycles. The van der Waals surface area contributed by atoms with Gasteiger partial charge in [-0.3, -0.25) is 0 Å². The maximum absolute atomic E-state index is 13.4. The number of aliphatic hydroxyl groups is 1. The van der Waals surface area contributed by atoms with Crippen LogP contribution >= 0.6 is 0 Å². The van der Waals surface area contributed by atoms with Crippen LogP contribution in [-0.4, -0.2) is 5.11 Å². The van der Waals surface area contributed by atoms with E-state index in [2.05, 4.69) is 0 Å². The zero-order valence-electron chi connectivity index (χ0n) is 10.0. The molecule has 17 heavy (non-hydrogen) atoms. The minimum atomic E-state index is -0.621. The smallest absolute Gasteiger partial charge is 0.146 e. The molecule has 0 bridgehead atoms. The number of rotatable bonds is 2. The van der Waals surface area contributed by atoms with Gasteiger partial charge in [0, 0.05) is 5.56 Å². The van der Waals surface area contributed by atoms with Crippen LogP contribution in [0.25, 0.3) is 0 Å². The minimum Gasteiger partial charge on any atom is -0.396 e. The lowest BCUT2D eigenvalue weighted by atomic mass is 9.89. The molecule has 1 saturated carbocycles. The topological polar surface area (TPSA) is 46.2 Å². The molecular formula is C14H20FNO. The van der Waals surface area contributed by atoms with Crippen LogP contribution in [0.1, 0.15) is 50.2 Å². The SMILES string of the molecule is Nc1c(F)cccc1C(O)C1CCCCCC1. The third-order valence-electron chi connectivity index (χ3n) is 3.75.